The molecule has 1 aromatic rings. The van der Waals surface area contributed by atoms with Gasteiger partial charge in [-0.25, -0.2) is 4.68 Å². The quantitative estimate of drug-likeness (QED) is 0.778. The first kappa shape index (κ1) is 21.5. The van der Waals surface area contributed by atoms with Gasteiger partial charge in [-0.1, -0.05) is 24.5 Å². The Hall–Kier alpha value is -1.18. The van der Waals surface area contributed by atoms with E-state index in [1.54, 1.807) is 0 Å². The van der Waals surface area contributed by atoms with Crippen molar-refractivity contribution in [3.63, 3.8) is 0 Å². The van der Waals surface area contributed by atoms with E-state index < -0.39 is 0 Å². The first-order chi connectivity index (χ1) is 13.2. The molecule has 0 radical (unpaired) electrons. The number of carbonyl (C=O) groups is 1. The second-order valence-corrected chi connectivity index (χ2v) is 8.45. The number of nitrogens with zero attached hydrogens (tertiary/aromatic N) is 3. The molecule has 8 heteroatoms. The molecule has 158 valence electrons. The van der Waals surface area contributed by atoms with Gasteiger partial charge >= 0.3 is 0 Å². The van der Waals surface area contributed by atoms with Crippen LogP contribution >= 0.6 is 12.4 Å². The molecule has 1 saturated heterocycles. The van der Waals surface area contributed by atoms with Gasteiger partial charge in [0.25, 0.3) is 5.91 Å². The van der Waals surface area contributed by atoms with Crippen LogP contribution in [0.25, 0.3) is 0 Å². The molecule has 2 saturated carbocycles. The third-order valence-electron chi connectivity index (χ3n) is 7.04. The summed E-state index contributed by atoms with van der Waals surface area (Å²) in [5, 5.41) is 15.2. The van der Waals surface area contributed by atoms with Gasteiger partial charge in [0, 0.05) is 18.1 Å². The maximum atomic E-state index is 13.0. The Bertz CT molecular complexity index is 668. The zero-order valence-electron chi connectivity index (χ0n) is 17.1. The van der Waals surface area contributed by atoms with Gasteiger partial charge in [-0.3, -0.25) is 4.79 Å². The fraction of sp³-hybridized carbons (Fsp3) is 0.850. The minimum Gasteiger partial charge on any atom is -0.378 e. The van der Waals surface area contributed by atoms with Crippen LogP contribution in [0.15, 0.2) is 0 Å². The van der Waals surface area contributed by atoms with Crippen molar-refractivity contribution in [2.75, 3.05) is 19.7 Å². The second kappa shape index (κ2) is 9.09. The van der Waals surface area contributed by atoms with E-state index >= 15 is 0 Å². The van der Waals surface area contributed by atoms with Crippen molar-refractivity contribution in [3.8, 4) is 0 Å². The molecule has 2 aliphatic carbocycles. The summed E-state index contributed by atoms with van der Waals surface area (Å²) in [4.78, 5) is 13.0. The molecule has 0 bridgehead atoms. The summed E-state index contributed by atoms with van der Waals surface area (Å²) in [7, 11) is 0. The molecule has 3 fully saturated rings. The lowest BCUT2D eigenvalue weighted by Crippen LogP contribution is -2.65. The zero-order chi connectivity index (χ0) is 18.9. The van der Waals surface area contributed by atoms with Gasteiger partial charge in [-0.15, -0.1) is 17.5 Å². The summed E-state index contributed by atoms with van der Waals surface area (Å²) in [6.45, 7) is 6.77. The maximum Gasteiger partial charge on any atom is 0.273 e. The molecule has 1 aliphatic heterocycles. The monoisotopic (exact) mass is 411 g/mol. The number of amides is 1. The normalized spacial score (nSPS) is 27.1. The number of hydrogen-bond acceptors (Lipinski definition) is 5. The number of rotatable bonds is 5. The van der Waals surface area contributed by atoms with Crippen LogP contribution < -0.4 is 10.6 Å². The summed E-state index contributed by atoms with van der Waals surface area (Å²) in [5.74, 6) is -0.0717. The van der Waals surface area contributed by atoms with Crippen molar-refractivity contribution in [2.45, 2.75) is 83.4 Å². The van der Waals surface area contributed by atoms with Crippen molar-refractivity contribution >= 4 is 18.3 Å². The van der Waals surface area contributed by atoms with Gasteiger partial charge in [0.05, 0.1) is 17.8 Å². The van der Waals surface area contributed by atoms with Gasteiger partial charge in [0.15, 0.2) is 5.69 Å². The lowest BCUT2D eigenvalue weighted by Gasteiger charge is -2.57. The Balaban J connectivity index is 0.00000225. The Morgan fingerprint density at radius 1 is 1.29 bits per heavy atom. The van der Waals surface area contributed by atoms with Crippen LogP contribution in [0.1, 0.15) is 80.5 Å². The predicted molar refractivity (Wildman–Crippen MR) is 110 cm³/mol. The summed E-state index contributed by atoms with van der Waals surface area (Å²) in [6.07, 6.45) is 9.36. The lowest BCUT2D eigenvalue weighted by atomic mass is 9.55. The van der Waals surface area contributed by atoms with Crippen LogP contribution in [-0.4, -0.2) is 52.7 Å². The summed E-state index contributed by atoms with van der Waals surface area (Å²) in [6, 6.07) is 0.543. The van der Waals surface area contributed by atoms with Gasteiger partial charge in [-0.2, -0.15) is 0 Å². The molecule has 4 rings (SSSR count). The molecular formula is C20H34ClN5O2. The smallest absolute Gasteiger partial charge is 0.273 e. The number of nitrogens with one attached hydrogen (secondary N) is 2. The van der Waals surface area contributed by atoms with E-state index in [-0.39, 0.29) is 29.8 Å². The van der Waals surface area contributed by atoms with E-state index in [2.05, 4.69) is 27.9 Å². The highest BCUT2D eigenvalue weighted by Gasteiger charge is 2.56. The Labute approximate surface area is 173 Å². The third kappa shape index (κ3) is 3.81. The van der Waals surface area contributed by atoms with Crippen LogP contribution in [0.3, 0.4) is 0 Å². The fourth-order valence-corrected chi connectivity index (χ4v) is 5.44. The van der Waals surface area contributed by atoms with E-state index in [1.807, 2.05) is 11.6 Å². The largest absolute Gasteiger partial charge is 0.378 e. The van der Waals surface area contributed by atoms with Crippen LogP contribution in [0, 0.1) is 12.3 Å². The van der Waals surface area contributed by atoms with Crippen molar-refractivity contribution < 1.29 is 9.53 Å². The maximum absolute atomic E-state index is 13.0. The SMILES string of the molecule is CCOC1CC(NC(=O)c2nnn(C3CCNCC3)c2C)C12CCCCC2.Cl. The molecule has 1 amide bonds. The molecule has 2 atom stereocenters. The number of hydrogen-bond donors (Lipinski definition) is 2. The van der Waals surface area contributed by atoms with E-state index in [9.17, 15) is 4.79 Å². The number of ether oxygens (including phenoxy) is 1. The van der Waals surface area contributed by atoms with Crippen molar-refractivity contribution in [3.05, 3.63) is 11.4 Å². The number of halogens is 1. The Morgan fingerprint density at radius 2 is 2.00 bits per heavy atom. The average Bonchev–Trinajstić information content (AvgIpc) is 3.10. The Kier molecular flexibility index (Phi) is 6.99. The second-order valence-electron chi connectivity index (χ2n) is 8.45. The molecule has 1 spiro atoms. The third-order valence-corrected chi connectivity index (χ3v) is 7.04. The summed E-state index contributed by atoms with van der Waals surface area (Å²) in [5.41, 5.74) is 1.50. The van der Waals surface area contributed by atoms with Crippen molar-refractivity contribution in [1.82, 2.24) is 25.6 Å². The zero-order valence-corrected chi connectivity index (χ0v) is 17.9. The minimum absolute atomic E-state index is 0. The molecule has 2 N–H and O–H groups in total. The molecule has 3 aliphatic rings. The predicted octanol–water partition coefficient (Wildman–Crippen LogP) is 2.79. The molecule has 2 heterocycles. The van der Waals surface area contributed by atoms with Crippen molar-refractivity contribution in [2.24, 2.45) is 5.41 Å². The molecule has 1 aromatic heterocycles. The summed E-state index contributed by atoms with van der Waals surface area (Å²) < 4.78 is 7.96. The van der Waals surface area contributed by atoms with Crippen LogP contribution in [0.2, 0.25) is 0 Å². The van der Waals surface area contributed by atoms with Gasteiger partial charge in [0.2, 0.25) is 0 Å². The molecular weight excluding hydrogens is 378 g/mol. The van der Waals surface area contributed by atoms with Gasteiger partial charge < -0.3 is 15.4 Å². The first-order valence-electron chi connectivity index (χ1n) is 10.7. The van der Waals surface area contributed by atoms with Crippen LogP contribution in [0.4, 0.5) is 0 Å². The van der Waals surface area contributed by atoms with E-state index in [0.717, 1.165) is 57.5 Å². The van der Waals surface area contributed by atoms with E-state index in [0.29, 0.717) is 17.8 Å². The van der Waals surface area contributed by atoms with Crippen LogP contribution in [0.5, 0.6) is 0 Å². The molecule has 2 unspecified atom stereocenters. The highest BCUT2D eigenvalue weighted by Crippen LogP contribution is 2.53. The average molecular weight is 412 g/mol. The van der Waals surface area contributed by atoms with E-state index in [4.69, 9.17) is 4.74 Å². The molecule has 0 aromatic carbocycles. The van der Waals surface area contributed by atoms with Crippen molar-refractivity contribution in [1.29, 1.82) is 0 Å². The van der Waals surface area contributed by atoms with Gasteiger partial charge in [-0.05, 0) is 59.0 Å². The molecule has 7 nitrogen and oxygen atoms in total. The fourth-order valence-electron chi connectivity index (χ4n) is 5.44. The highest BCUT2D eigenvalue weighted by atomic mass is 35.5. The Morgan fingerprint density at radius 3 is 2.68 bits per heavy atom. The van der Waals surface area contributed by atoms with Gasteiger partial charge in [0.1, 0.15) is 0 Å². The number of carbonyl (C=O) groups excluding carboxylic acids is 1. The topological polar surface area (TPSA) is 81.1 Å². The van der Waals surface area contributed by atoms with Crippen LogP contribution in [-0.2, 0) is 4.74 Å². The lowest BCUT2D eigenvalue weighted by molar-refractivity contribution is -0.146. The number of aromatic nitrogens is 3. The van der Waals surface area contributed by atoms with E-state index in [1.165, 1.54) is 19.3 Å². The summed E-state index contributed by atoms with van der Waals surface area (Å²) >= 11 is 0. The first-order valence-corrected chi connectivity index (χ1v) is 10.7. The highest BCUT2D eigenvalue weighted by molar-refractivity contribution is 5.93. The number of piperidine rings is 1. The standard InChI is InChI=1S/C20H33N5O2.ClH/c1-3-27-17-13-16(20(17)9-5-4-6-10-20)22-19(26)18-14(2)25(24-23-18)15-7-11-21-12-8-15;/h15-17,21H,3-13H2,1-2H3,(H,22,26);1H. The minimum atomic E-state index is -0.0717. The molecule has 28 heavy (non-hydrogen) atoms.